The average molecular weight is 360 g/mol. The average Bonchev–Trinajstić information content (AvgIpc) is 3.12. The zero-order valence-corrected chi connectivity index (χ0v) is 15.0. The van der Waals surface area contributed by atoms with E-state index in [4.69, 9.17) is 4.74 Å². The number of aromatic nitrogens is 2. The first-order valence-electron chi connectivity index (χ1n) is 9.14. The molecule has 0 atom stereocenters. The predicted octanol–water partition coefficient (Wildman–Crippen LogP) is 5.04. The van der Waals surface area contributed by atoms with Crippen LogP contribution in [0.4, 0.5) is 4.39 Å². The maximum Gasteiger partial charge on any atom is 0.123 e. The van der Waals surface area contributed by atoms with Gasteiger partial charge in [0.2, 0.25) is 0 Å². The van der Waals surface area contributed by atoms with Crippen molar-refractivity contribution in [3.63, 3.8) is 0 Å². The number of hydrogen-bond donors (Lipinski definition) is 0. The molecule has 0 spiro atoms. The summed E-state index contributed by atoms with van der Waals surface area (Å²) in [4.78, 5) is 4.43. The van der Waals surface area contributed by atoms with Gasteiger partial charge in [0.05, 0.1) is 24.0 Å². The second-order valence-corrected chi connectivity index (χ2v) is 6.55. The highest BCUT2D eigenvalue weighted by Crippen LogP contribution is 2.16. The summed E-state index contributed by atoms with van der Waals surface area (Å²) in [5.74, 6) is 0.646. The predicted molar refractivity (Wildman–Crippen MR) is 105 cm³/mol. The second-order valence-electron chi connectivity index (χ2n) is 6.55. The number of benzene rings is 3. The lowest BCUT2D eigenvalue weighted by Crippen LogP contribution is -2.02. The van der Waals surface area contributed by atoms with E-state index in [0.29, 0.717) is 6.61 Å². The van der Waals surface area contributed by atoms with Crippen molar-refractivity contribution in [2.75, 3.05) is 6.61 Å². The van der Waals surface area contributed by atoms with Gasteiger partial charge in [0.1, 0.15) is 11.6 Å². The Morgan fingerprint density at radius 2 is 1.52 bits per heavy atom. The van der Waals surface area contributed by atoms with Crippen LogP contribution in [0.15, 0.2) is 79.1 Å². The Morgan fingerprint density at radius 3 is 2.33 bits per heavy atom. The van der Waals surface area contributed by atoms with Gasteiger partial charge in [0.25, 0.3) is 0 Å². The molecule has 0 unspecified atom stereocenters. The van der Waals surface area contributed by atoms with E-state index in [1.165, 1.54) is 23.2 Å². The summed E-state index contributed by atoms with van der Waals surface area (Å²) in [5.41, 5.74) is 4.53. The zero-order valence-electron chi connectivity index (χ0n) is 15.0. The van der Waals surface area contributed by atoms with Gasteiger partial charge in [-0.15, -0.1) is 0 Å². The summed E-state index contributed by atoms with van der Waals surface area (Å²) in [6.45, 7) is 1.47. The standard InChI is InChI=1S/C23H21FN2O/c24-20-9-5-19(6-10-20)14-16-27-21-11-7-18(8-12-21)13-15-26-17-25-22-3-1-2-4-23(22)26/h1-12,17H,13-16H2. The molecule has 3 nitrogen and oxygen atoms in total. The van der Waals surface area contributed by atoms with Crippen LogP contribution >= 0.6 is 0 Å². The summed E-state index contributed by atoms with van der Waals surface area (Å²) in [6.07, 6.45) is 3.60. The van der Waals surface area contributed by atoms with Crippen LogP contribution < -0.4 is 4.74 Å². The third-order valence-electron chi connectivity index (χ3n) is 4.66. The molecule has 0 saturated carbocycles. The normalized spacial score (nSPS) is 11.0. The quantitative estimate of drug-likeness (QED) is 0.462. The van der Waals surface area contributed by atoms with Crippen molar-refractivity contribution in [1.29, 1.82) is 0 Å². The van der Waals surface area contributed by atoms with E-state index in [2.05, 4.69) is 27.8 Å². The zero-order chi connectivity index (χ0) is 18.5. The van der Waals surface area contributed by atoms with Crippen LogP contribution in [0.2, 0.25) is 0 Å². The summed E-state index contributed by atoms with van der Waals surface area (Å²) >= 11 is 0. The van der Waals surface area contributed by atoms with Crippen molar-refractivity contribution in [3.05, 3.63) is 96.1 Å². The maximum absolute atomic E-state index is 12.9. The topological polar surface area (TPSA) is 27.1 Å². The minimum absolute atomic E-state index is 0.209. The van der Waals surface area contributed by atoms with Crippen molar-refractivity contribution < 1.29 is 9.13 Å². The van der Waals surface area contributed by atoms with Gasteiger partial charge < -0.3 is 9.30 Å². The SMILES string of the molecule is Fc1ccc(CCOc2ccc(CCn3cnc4ccccc43)cc2)cc1. The fourth-order valence-electron chi connectivity index (χ4n) is 3.13. The van der Waals surface area contributed by atoms with Crippen LogP contribution in [0.5, 0.6) is 5.75 Å². The van der Waals surface area contributed by atoms with Gasteiger partial charge in [-0.3, -0.25) is 0 Å². The molecule has 4 rings (SSSR count). The van der Waals surface area contributed by atoms with Gasteiger partial charge in [0.15, 0.2) is 0 Å². The Labute approximate surface area is 158 Å². The Kier molecular flexibility index (Phi) is 5.15. The Morgan fingerprint density at radius 1 is 0.815 bits per heavy atom. The highest BCUT2D eigenvalue weighted by molar-refractivity contribution is 5.74. The van der Waals surface area contributed by atoms with Crippen LogP contribution in [0, 0.1) is 5.82 Å². The molecule has 3 aromatic carbocycles. The monoisotopic (exact) mass is 360 g/mol. The van der Waals surface area contributed by atoms with Crippen molar-refractivity contribution in [2.45, 2.75) is 19.4 Å². The van der Waals surface area contributed by atoms with Gasteiger partial charge in [0, 0.05) is 13.0 Å². The van der Waals surface area contributed by atoms with E-state index in [-0.39, 0.29) is 5.82 Å². The van der Waals surface area contributed by atoms with Crippen molar-refractivity contribution in [1.82, 2.24) is 9.55 Å². The molecule has 0 aliphatic rings. The lowest BCUT2D eigenvalue weighted by molar-refractivity contribution is 0.322. The van der Waals surface area contributed by atoms with Crippen molar-refractivity contribution in [2.24, 2.45) is 0 Å². The molecule has 0 amide bonds. The number of rotatable bonds is 7. The highest BCUT2D eigenvalue weighted by atomic mass is 19.1. The van der Waals surface area contributed by atoms with Crippen LogP contribution in [-0.4, -0.2) is 16.2 Å². The molecule has 4 aromatic rings. The summed E-state index contributed by atoms with van der Waals surface area (Å²) in [6, 6.07) is 22.9. The number of imidazole rings is 1. The number of fused-ring (bicyclic) bond motifs is 1. The third-order valence-corrected chi connectivity index (χ3v) is 4.66. The first-order valence-corrected chi connectivity index (χ1v) is 9.14. The highest BCUT2D eigenvalue weighted by Gasteiger charge is 2.02. The largest absolute Gasteiger partial charge is 0.493 e. The Hall–Kier alpha value is -3.14. The molecular weight excluding hydrogens is 339 g/mol. The molecule has 0 fully saturated rings. The van der Waals surface area contributed by atoms with Crippen LogP contribution in [0.1, 0.15) is 11.1 Å². The Balaban J connectivity index is 1.29. The summed E-state index contributed by atoms with van der Waals surface area (Å²) in [7, 11) is 0. The fraction of sp³-hybridized carbons (Fsp3) is 0.174. The van der Waals surface area contributed by atoms with Crippen molar-refractivity contribution in [3.8, 4) is 5.75 Å². The number of halogens is 1. The molecule has 0 radical (unpaired) electrons. The lowest BCUT2D eigenvalue weighted by atomic mass is 10.1. The van der Waals surface area contributed by atoms with Gasteiger partial charge in [-0.2, -0.15) is 0 Å². The van der Waals surface area contributed by atoms with E-state index in [1.807, 2.05) is 36.7 Å². The number of para-hydroxylation sites is 2. The summed E-state index contributed by atoms with van der Waals surface area (Å²) in [5, 5.41) is 0. The van der Waals surface area contributed by atoms with E-state index in [1.54, 1.807) is 12.1 Å². The molecule has 27 heavy (non-hydrogen) atoms. The van der Waals surface area contributed by atoms with Crippen molar-refractivity contribution >= 4 is 11.0 Å². The van der Waals surface area contributed by atoms with Gasteiger partial charge in [-0.1, -0.05) is 36.4 Å². The lowest BCUT2D eigenvalue weighted by Gasteiger charge is -2.08. The van der Waals surface area contributed by atoms with Gasteiger partial charge in [-0.05, 0) is 53.9 Å². The molecular formula is C23H21FN2O. The molecule has 4 heteroatoms. The minimum atomic E-state index is -0.209. The molecule has 1 aromatic heterocycles. The second kappa shape index (κ2) is 8.04. The Bertz CT molecular complexity index is 1010. The smallest absolute Gasteiger partial charge is 0.123 e. The van der Waals surface area contributed by atoms with Gasteiger partial charge in [-0.25, -0.2) is 9.37 Å². The number of hydrogen-bond acceptors (Lipinski definition) is 2. The molecule has 0 aliphatic carbocycles. The van der Waals surface area contributed by atoms with Gasteiger partial charge >= 0.3 is 0 Å². The molecule has 0 N–H and O–H groups in total. The van der Waals surface area contributed by atoms with Crippen LogP contribution in [0.25, 0.3) is 11.0 Å². The van der Waals surface area contributed by atoms with Crippen LogP contribution in [-0.2, 0) is 19.4 Å². The molecule has 136 valence electrons. The summed E-state index contributed by atoms with van der Waals surface area (Å²) < 4.78 is 20.9. The molecule has 0 saturated heterocycles. The van der Waals surface area contributed by atoms with E-state index >= 15 is 0 Å². The third kappa shape index (κ3) is 4.34. The number of ether oxygens (including phenoxy) is 1. The molecule has 1 heterocycles. The maximum atomic E-state index is 12.9. The number of nitrogens with zero attached hydrogens (tertiary/aromatic N) is 2. The van der Waals surface area contributed by atoms with E-state index in [9.17, 15) is 4.39 Å². The fourth-order valence-corrected chi connectivity index (χ4v) is 3.13. The number of aryl methyl sites for hydroxylation is 2. The molecule has 0 aliphatic heterocycles. The first-order chi connectivity index (χ1) is 13.3. The first kappa shape index (κ1) is 17.3. The molecule has 0 bridgehead atoms. The van der Waals surface area contributed by atoms with E-state index in [0.717, 1.165) is 36.2 Å². The minimum Gasteiger partial charge on any atom is -0.493 e. The van der Waals surface area contributed by atoms with E-state index < -0.39 is 0 Å². The van der Waals surface area contributed by atoms with Crippen LogP contribution in [0.3, 0.4) is 0 Å².